The highest BCUT2D eigenvalue weighted by molar-refractivity contribution is 8.15. The van der Waals surface area contributed by atoms with Crippen LogP contribution in [0.15, 0.2) is 82.9 Å². The van der Waals surface area contributed by atoms with Gasteiger partial charge in [0.1, 0.15) is 5.25 Å². The fourth-order valence-electron chi connectivity index (χ4n) is 4.28. The van der Waals surface area contributed by atoms with Gasteiger partial charge in [-0.15, -0.1) is 0 Å². The molecule has 0 aromatic heterocycles. The number of hydrogen-bond acceptors (Lipinski definition) is 5. The molecule has 2 heterocycles. The van der Waals surface area contributed by atoms with Crippen molar-refractivity contribution in [2.24, 2.45) is 10.1 Å². The topological polar surface area (TPSA) is 74.1 Å². The first kappa shape index (κ1) is 24.0. The van der Waals surface area contributed by atoms with Crippen LogP contribution in [0, 0.1) is 20.8 Å². The lowest BCUT2D eigenvalue weighted by Gasteiger charge is -2.23. The summed E-state index contributed by atoms with van der Waals surface area (Å²) in [5.41, 5.74) is 7.34. The van der Waals surface area contributed by atoms with Crippen molar-refractivity contribution in [3.63, 3.8) is 0 Å². The number of amides is 2. The highest BCUT2D eigenvalue weighted by Crippen LogP contribution is 2.38. The molecule has 1 N–H and O–H groups in total. The van der Waals surface area contributed by atoms with Crippen LogP contribution in [0.25, 0.3) is 0 Å². The zero-order chi connectivity index (χ0) is 25.2. The lowest BCUT2D eigenvalue weighted by molar-refractivity contribution is -0.121. The normalized spacial score (nSPS) is 19.3. The van der Waals surface area contributed by atoms with Gasteiger partial charge in [0.05, 0.1) is 11.8 Å². The summed E-state index contributed by atoms with van der Waals surface area (Å²) < 4.78 is 0. The zero-order valence-corrected chi connectivity index (χ0v) is 21.4. The van der Waals surface area contributed by atoms with Crippen molar-refractivity contribution in [2.75, 3.05) is 5.32 Å². The number of nitrogens with one attached hydrogen (secondary N) is 1. The first-order chi connectivity index (χ1) is 17.4. The number of aryl methyl sites for hydroxylation is 3. The van der Waals surface area contributed by atoms with E-state index in [4.69, 9.17) is 5.10 Å². The lowest BCUT2D eigenvalue weighted by atomic mass is 9.97. The second-order valence-electron chi connectivity index (χ2n) is 9.35. The largest absolute Gasteiger partial charge is 0.326 e. The summed E-state index contributed by atoms with van der Waals surface area (Å²) in [5.74, 6) is -0.503. The van der Waals surface area contributed by atoms with Gasteiger partial charge in [-0.25, -0.2) is 5.01 Å². The molecule has 2 aliphatic heterocycles. The number of aliphatic imine (C=N–C) groups is 1. The molecule has 3 aromatic rings. The SMILES string of the molecule is Cc1ccc(NC(=O)C[C@H]2SC(N3N=C(c4ccc(C)cc4)C[C@H]3c3ccc(C)cc3)=NC2=O)cc1. The molecule has 0 saturated carbocycles. The number of rotatable bonds is 5. The van der Waals surface area contributed by atoms with Crippen LogP contribution in [-0.2, 0) is 9.59 Å². The molecule has 0 radical (unpaired) electrons. The van der Waals surface area contributed by atoms with E-state index in [0.717, 1.165) is 22.4 Å². The maximum Gasteiger partial charge on any atom is 0.262 e. The quantitative estimate of drug-likeness (QED) is 0.485. The number of thioether (sulfide) groups is 1. The summed E-state index contributed by atoms with van der Waals surface area (Å²) in [4.78, 5) is 29.8. The average Bonchev–Trinajstić information content (AvgIpc) is 3.45. The van der Waals surface area contributed by atoms with E-state index in [1.165, 1.54) is 22.9 Å². The van der Waals surface area contributed by atoms with Gasteiger partial charge in [0.15, 0.2) is 5.17 Å². The second-order valence-corrected chi connectivity index (χ2v) is 10.5. The molecule has 36 heavy (non-hydrogen) atoms. The summed E-state index contributed by atoms with van der Waals surface area (Å²) in [6.07, 6.45) is 0.764. The Morgan fingerprint density at radius 2 is 1.50 bits per heavy atom. The highest BCUT2D eigenvalue weighted by atomic mass is 32.2. The van der Waals surface area contributed by atoms with Crippen molar-refractivity contribution < 1.29 is 9.59 Å². The maximum atomic E-state index is 12.8. The average molecular weight is 497 g/mol. The van der Waals surface area contributed by atoms with E-state index >= 15 is 0 Å². The van der Waals surface area contributed by atoms with Crippen molar-refractivity contribution >= 4 is 40.1 Å². The number of benzene rings is 3. The number of nitrogens with zero attached hydrogens (tertiary/aromatic N) is 3. The minimum Gasteiger partial charge on any atom is -0.326 e. The Bertz CT molecular complexity index is 1350. The van der Waals surface area contributed by atoms with Crippen molar-refractivity contribution in [2.45, 2.75) is 44.9 Å². The Hall–Kier alpha value is -3.71. The molecule has 0 spiro atoms. The number of amidine groups is 1. The summed E-state index contributed by atoms with van der Waals surface area (Å²) in [5, 5.41) is 9.63. The second kappa shape index (κ2) is 10.1. The fraction of sp³-hybridized carbons (Fsp3) is 0.241. The minimum absolute atomic E-state index is 0.0575. The van der Waals surface area contributed by atoms with Gasteiger partial charge in [-0.1, -0.05) is 89.1 Å². The molecule has 182 valence electrons. The van der Waals surface area contributed by atoms with Crippen LogP contribution in [0.2, 0.25) is 0 Å². The number of hydrazone groups is 1. The van der Waals surface area contributed by atoms with Gasteiger partial charge in [-0.05, 0) is 44.0 Å². The third kappa shape index (κ3) is 5.26. The van der Waals surface area contributed by atoms with Crippen LogP contribution in [0.1, 0.15) is 46.7 Å². The van der Waals surface area contributed by atoms with Gasteiger partial charge in [0.25, 0.3) is 5.91 Å². The molecular weight excluding hydrogens is 468 g/mol. The van der Waals surface area contributed by atoms with Gasteiger partial charge in [-0.3, -0.25) is 9.59 Å². The molecule has 2 atom stereocenters. The van der Waals surface area contributed by atoms with E-state index in [1.807, 2.05) is 36.2 Å². The van der Waals surface area contributed by atoms with Gasteiger partial charge >= 0.3 is 0 Å². The summed E-state index contributed by atoms with van der Waals surface area (Å²) in [6.45, 7) is 6.12. The van der Waals surface area contributed by atoms with Gasteiger partial charge < -0.3 is 5.32 Å². The summed E-state index contributed by atoms with van der Waals surface area (Å²) >= 11 is 1.32. The Morgan fingerprint density at radius 1 is 0.917 bits per heavy atom. The lowest BCUT2D eigenvalue weighted by Crippen LogP contribution is -2.25. The number of hydrogen-bond donors (Lipinski definition) is 1. The fourth-order valence-corrected chi connectivity index (χ4v) is 5.34. The standard InChI is InChI=1S/C29H28N4O2S/c1-18-4-10-21(11-5-18)24-16-25(22-12-6-19(2)7-13-22)33(32-24)29-31-28(35)26(36-29)17-27(34)30-23-14-8-20(3)9-15-23/h4-15,25-26H,16-17H2,1-3H3,(H,30,34)/t25-,26+/m0/s1. The van der Waals surface area contributed by atoms with Gasteiger partial charge in [-0.2, -0.15) is 10.1 Å². The number of anilines is 1. The minimum atomic E-state index is -0.567. The molecule has 0 unspecified atom stereocenters. The molecule has 2 aliphatic rings. The Kier molecular flexibility index (Phi) is 6.74. The molecule has 2 amide bonds. The molecule has 0 saturated heterocycles. The molecule has 0 aliphatic carbocycles. The van der Waals surface area contributed by atoms with E-state index < -0.39 is 5.25 Å². The third-order valence-corrected chi connectivity index (χ3v) is 7.53. The Labute approximate surface area is 215 Å². The van der Waals surface area contributed by atoms with Gasteiger partial charge in [0.2, 0.25) is 5.91 Å². The van der Waals surface area contributed by atoms with E-state index in [2.05, 4.69) is 72.7 Å². The summed E-state index contributed by atoms with van der Waals surface area (Å²) in [7, 11) is 0. The molecule has 0 bridgehead atoms. The van der Waals surface area contributed by atoms with Crippen molar-refractivity contribution in [1.29, 1.82) is 0 Å². The van der Waals surface area contributed by atoms with Crippen LogP contribution in [0.4, 0.5) is 5.69 Å². The Morgan fingerprint density at radius 3 is 2.14 bits per heavy atom. The smallest absolute Gasteiger partial charge is 0.262 e. The first-order valence-electron chi connectivity index (χ1n) is 12.0. The van der Waals surface area contributed by atoms with Crippen LogP contribution in [0.3, 0.4) is 0 Å². The van der Waals surface area contributed by atoms with Crippen molar-refractivity contribution in [3.8, 4) is 0 Å². The highest BCUT2D eigenvalue weighted by Gasteiger charge is 2.39. The molecule has 3 aromatic carbocycles. The van der Waals surface area contributed by atoms with Crippen LogP contribution < -0.4 is 5.32 Å². The molecular formula is C29H28N4O2S. The maximum absolute atomic E-state index is 12.8. The predicted octanol–water partition coefficient (Wildman–Crippen LogP) is 5.79. The molecule has 5 rings (SSSR count). The number of carbonyl (C=O) groups excluding carboxylic acids is 2. The van der Waals surface area contributed by atoms with Crippen LogP contribution in [0.5, 0.6) is 0 Å². The van der Waals surface area contributed by atoms with Crippen molar-refractivity contribution in [3.05, 3.63) is 101 Å². The van der Waals surface area contributed by atoms with Crippen molar-refractivity contribution in [1.82, 2.24) is 5.01 Å². The summed E-state index contributed by atoms with van der Waals surface area (Å²) in [6, 6.07) is 24.2. The van der Waals surface area contributed by atoms with Crippen LogP contribution in [-0.4, -0.2) is 33.0 Å². The first-order valence-corrected chi connectivity index (χ1v) is 12.9. The zero-order valence-electron chi connectivity index (χ0n) is 20.6. The monoisotopic (exact) mass is 496 g/mol. The third-order valence-electron chi connectivity index (χ3n) is 6.39. The van der Waals surface area contributed by atoms with E-state index in [0.29, 0.717) is 17.3 Å². The van der Waals surface area contributed by atoms with Crippen LogP contribution >= 0.6 is 11.8 Å². The van der Waals surface area contributed by atoms with E-state index in [1.54, 1.807) is 0 Å². The predicted molar refractivity (Wildman–Crippen MR) is 146 cm³/mol. The molecule has 7 heteroatoms. The van der Waals surface area contributed by atoms with E-state index in [9.17, 15) is 9.59 Å². The Balaban J connectivity index is 1.35. The molecule has 6 nitrogen and oxygen atoms in total. The number of carbonyl (C=O) groups is 2. The van der Waals surface area contributed by atoms with Gasteiger partial charge in [0, 0.05) is 18.5 Å². The van der Waals surface area contributed by atoms with E-state index in [-0.39, 0.29) is 24.3 Å². The molecule has 0 fully saturated rings.